The van der Waals surface area contributed by atoms with Crippen LogP contribution < -0.4 is 0 Å². The predicted molar refractivity (Wildman–Crippen MR) is 45.9 cm³/mol. The fraction of sp³-hybridized carbons (Fsp3) is 0.571. The summed E-state index contributed by atoms with van der Waals surface area (Å²) in [6.45, 7) is 2.09. The first kappa shape index (κ1) is 6.68. The molecule has 0 atom stereocenters. The van der Waals surface area contributed by atoms with E-state index in [0.717, 1.165) is 0 Å². The Kier molecular flexibility index (Phi) is 1.70. The van der Waals surface area contributed by atoms with Crippen LogP contribution in [0.25, 0.3) is 0 Å². The molecule has 0 bridgehead atoms. The number of thiazole rings is 1. The molecule has 1 aliphatic rings. The number of fused-ring (bicyclic) bond motifs is 1. The van der Waals surface area contributed by atoms with Gasteiger partial charge in [-0.25, -0.2) is 4.98 Å². The van der Waals surface area contributed by atoms with Crippen molar-refractivity contribution in [3.63, 3.8) is 0 Å². The lowest BCUT2D eigenvalue weighted by atomic mass is 10.3. The van der Waals surface area contributed by atoms with Crippen molar-refractivity contribution in [2.75, 3.05) is 5.75 Å². The molecule has 0 saturated heterocycles. The second kappa shape index (κ2) is 2.55. The predicted octanol–water partition coefficient (Wildman–Crippen LogP) is 2.49. The summed E-state index contributed by atoms with van der Waals surface area (Å²) in [6.07, 6.45) is 2.59. The number of hydrogen-bond donors (Lipinski definition) is 0. The molecule has 0 N–H and O–H groups in total. The molecule has 0 fully saturated rings. The highest BCUT2D eigenvalue weighted by Crippen LogP contribution is 2.32. The van der Waals surface area contributed by atoms with Crippen LogP contribution in [0.5, 0.6) is 0 Å². The number of nitrogens with zero attached hydrogens (tertiary/aromatic N) is 1. The molecule has 1 aliphatic heterocycles. The van der Waals surface area contributed by atoms with Gasteiger partial charge in [0, 0.05) is 4.88 Å². The van der Waals surface area contributed by atoms with Crippen molar-refractivity contribution in [1.29, 1.82) is 0 Å². The van der Waals surface area contributed by atoms with Crippen molar-refractivity contribution in [1.82, 2.24) is 4.98 Å². The summed E-state index contributed by atoms with van der Waals surface area (Å²) in [6, 6.07) is 0. The summed E-state index contributed by atoms with van der Waals surface area (Å²) >= 11 is 3.77. The van der Waals surface area contributed by atoms with Gasteiger partial charge in [-0.2, -0.15) is 0 Å². The van der Waals surface area contributed by atoms with Crippen molar-refractivity contribution >= 4 is 23.1 Å². The van der Waals surface area contributed by atoms with E-state index in [1.807, 2.05) is 23.1 Å². The summed E-state index contributed by atoms with van der Waals surface area (Å²) in [7, 11) is 0. The number of thioether (sulfide) groups is 1. The largest absolute Gasteiger partial charge is 0.235 e. The zero-order chi connectivity index (χ0) is 6.97. The molecule has 0 saturated carbocycles. The first-order chi connectivity index (χ1) is 4.86. The minimum absolute atomic E-state index is 1.22. The molecule has 0 unspecified atom stereocenters. The molecule has 0 aliphatic carbocycles. The van der Waals surface area contributed by atoms with Crippen molar-refractivity contribution in [3.05, 3.63) is 9.88 Å². The number of rotatable bonds is 0. The Morgan fingerprint density at radius 1 is 1.50 bits per heavy atom. The fourth-order valence-electron chi connectivity index (χ4n) is 1.12. The van der Waals surface area contributed by atoms with E-state index in [9.17, 15) is 0 Å². The third-order valence-corrected chi connectivity index (χ3v) is 3.82. The maximum Gasteiger partial charge on any atom is 0.110 e. The van der Waals surface area contributed by atoms with Crippen molar-refractivity contribution in [2.45, 2.75) is 24.8 Å². The molecular weight excluding hydrogens is 162 g/mol. The van der Waals surface area contributed by atoms with Gasteiger partial charge in [-0.1, -0.05) is 0 Å². The van der Waals surface area contributed by atoms with Crippen LogP contribution in [0.1, 0.15) is 16.3 Å². The van der Waals surface area contributed by atoms with Crippen molar-refractivity contribution in [3.8, 4) is 0 Å². The fourth-order valence-corrected chi connectivity index (χ4v) is 3.30. The van der Waals surface area contributed by atoms with Gasteiger partial charge in [0.25, 0.3) is 0 Å². The van der Waals surface area contributed by atoms with Crippen LogP contribution in [0.4, 0.5) is 0 Å². The maximum atomic E-state index is 4.43. The zero-order valence-electron chi connectivity index (χ0n) is 5.89. The van der Waals surface area contributed by atoms with Crippen LogP contribution in [0.2, 0.25) is 0 Å². The lowest BCUT2D eigenvalue weighted by Crippen LogP contribution is -1.93. The van der Waals surface area contributed by atoms with Gasteiger partial charge in [-0.05, 0) is 25.5 Å². The van der Waals surface area contributed by atoms with Gasteiger partial charge in [0.05, 0.1) is 5.01 Å². The maximum absolute atomic E-state index is 4.43. The van der Waals surface area contributed by atoms with E-state index in [4.69, 9.17) is 0 Å². The molecule has 1 aromatic rings. The molecule has 1 aromatic heterocycles. The lowest BCUT2D eigenvalue weighted by Gasteiger charge is -2.06. The Hall–Kier alpha value is -0.0200. The Morgan fingerprint density at radius 3 is 3.20 bits per heavy atom. The zero-order valence-corrected chi connectivity index (χ0v) is 7.52. The molecule has 0 spiro atoms. The summed E-state index contributed by atoms with van der Waals surface area (Å²) < 4.78 is 0. The molecule has 54 valence electrons. The Bertz CT molecular complexity index is 218. The highest BCUT2D eigenvalue weighted by atomic mass is 32.2. The Morgan fingerprint density at radius 2 is 2.40 bits per heavy atom. The van der Waals surface area contributed by atoms with E-state index < -0.39 is 0 Å². The average molecular weight is 171 g/mol. The van der Waals surface area contributed by atoms with Gasteiger partial charge in [-0.15, -0.1) is 23.1 Å². The normalized spacial score (nSPS) is 16.9. The van der Waals surface area contributed by atoms with Gasteiger partial charge in [0.15, 0.2) is 0 Å². The Balaban J connectivity index is 2.41. The van der Waals surface area contributed by atoms with Crippen LogP contribution in [0.3, 0.4) is 0 Å². The monoisotopic (exact) mass is 171 g/mol. The molecule has 2 heterocycles. The first-order valence-electron chi connectivity index (χ1n) is 3.45. The molecule has 0 amide bonds. The highest BCUT2D eigenvalue weighted by molar-refractivity contribution is 7.99. The van der Waals surface area contributed by atoms with E-state index in [0.29, 0.717) is 0 Å². The van der Waals surface area contributed by atoms with Crippen molar-refractivity contribution < 1.29 is 0 Å². The van der Waals surface area contributed by atoms with E-state index in [2.05, 4.69) is 11.9 Å². The van der Waals surface area contributed by atoms with Crippen LogP contribution in [-0.4, -0.2) is 10.7 Å². The van der Waals surface area contributed by atoms with Gasteiger partial charge >= 0.3 is 0 Å². The van der Waals surface area contributed by atoms with E-state index >= 15 is 0 Å². The third-order valence-electron chi connectivity index (χ3n) is 1.56. The molecule has 2 rings (SSSR count). The van der Waals surface area contributed by atoms with Gasteiger partial charge < -0.3 is 0 Å². The smallest absolute Gasteiger partial charge is 0.110 e. The molecule has 1 nitrogen and oxygen atoms in total. The minimum atomic E-state index is 1.22. The average Bonchev–Trinajstić information content (AvgIpc) is 2.27. The van der Waals surface area contributed by atoms with Gasteiger partial charge in [0.2, 0.25) is 0 Å². The Labute approximate surface area is 68.9 Å². The van der Waals surface area contributed by atoms with Crippen LogP contribution in [0, 0.1) is 6.92 Å². The summed E-state index contributed by atoms with van der Waals surface area (Å²) in [5.41, 5.74) is 0. The molecular formula is C7H9NS2. The quantitative estimate of drug-likeness (QED) is 0.595. The van der Waals surface area contributed by atoms with Crippen molar-refractivity contribution in [2.24, 2.45) is 0 Å². The number of aryl methyl sites for hydroxylation is 2. The molecule has 0 radical (unpaired) electrons. The molecule has 3 heteroatoms. The molecule has 0 aromatic carbocycles. The summed E-state index contributed by atoms with van der Waals surface area (Å²) in [5, 5.41) is 2.52. The van der Waals surface area contributed by atoms with Gasteiger partial charge in [0.1, 0.15) is 5.03 Å². The second-order valence-electron chi connectivity index (χ2n) is 2.41. The van der Waals surface area contributed by atoms with E-state index in [1.165, 1.54) is 33.5 Å². The van der Waals surface area contributed by atoms with Gasteiger partial charge in [-0.3, -0.25) is 0 Å². The number of aromatic nitrogens is 1. The second-order valence-corrected chi connectivity index (χ2v) is 4.78. The summed E-state index contributed by atoms with van der Waals surface area (Å²) in [5.74, 6) is 1.26. The van der Waals surface area contributed by atoms with Crippen LogP contribution >= 0.6 is 23.1 Å². The van der Waals surface area contributed by atoms with E-state index in [1.54, 1.807) is 0 Å². The third kappa shape index (κ3) is 1.08. The van der Waals surface area contributed by atoms with E-state index in [-0.39, 0.29) is 0 Å². The van der Waals surface area contributed by atoms with Crippen LogP contribution in [0.15, 0.2) is 5.03 Å². The highest BCUT2D eigenvalue weighted by Gasteiger charge is 2.13. The topological polar surface area (TPSA) is 12.9 Å². The standard InChI is InChI=1S/C7H9NS2/c1-5-8-7-6(10-5)3-2-4-9-7/h2-4H2,1H3. The van der Waals surface area contributed by atoms with Crippen LogP contribution in [-0.2, 0) is 6.42 Å². The lowest BCUT2D eigenvalue weighted by molar-refractivity contribution is 0.889. The molecule has 10 heavy (non-hydrogen) atoms. The summed E-state index contributed by atoms with van der Waals surface area (Å²) in [4.78, 5) is 5.94. The number of hydrogen-bond acceptors (Lipinski definition) is 3. The minimum Gasteiger partial charge on any atom is -0.235 e. The first-order valence-corrected chi connectivity index (χ1v) is 5.25. The SMILES string of the molecule is Cc1nc2c(s1)CCCS2.